The van der Waals surface area contributed by atoms with Crippen LogP contribution in [0.15, 0.2) is 54.6 Å². The number of para-hydroxylation sites is 1. The van der Waals surface area contributed by atoms with Crippen molar-refractivity contribution in [2.75, 3.05) is 30.9 Å². The summed E-state index contributed by atoms with van der Waals surface area (Å²) < 4.78 is 10.8. The van der Waals surface area contributed by atoms with Gasteiger partial charge in [0, 0.05) is 11.8 Å². The second kappa shape index (κ2) is 9.09. The maximum absolute atomic E-state index is 6.18. The molecule has 0 saturated carbocycles. The number of nitrogens with one attached hydrogen (secondary N) is 2. The summed E-state index contributed by atoms with van der Waals surface area (Å²) in [5.41, 5.74) is 1.61. The number of halogens is 1. The Morgan fingerprint density at radius 3 is 2.48 bits per heavy atom. The van der Waals surface area contributed by atoms with Crippen molar-refractivity contribution in [3.63, 3.8) is 0 Å². The zero-order chi connectivity index (χ0) is 19.1. The molecule has 0 bridgehead atoms. The Kier molecular flexibility index (Phi) is 6.33. The second-order valence-corrected chi connectivity index (χ2v) is 6.18. The highest BCUT2D eigenvalue weighted by Crippen LogP contribution is 2.24. The number of hydrogen-bond acceptors (Lipinski definition) is 6. The van der Waals surface area contributed by atoms with Crippen molar-refractivity contribution >= 4 is 29.1 Å². The maximum Gasteiger partial charge on any atom is 0.229 e. The Labute approximate surface area is 163 Å². The second-order valence-electron chi connectivity index (χ2n) is 5.77. The highest BCUT2D eigenvalue weighted by atomic mass is 35.5. The summed E-state index contributed by atoms with van der Waals surface area (Å²) in [5, 5.41) is 7.00. The van der Waals surface area contributed by atoms with Crippen molar-refractivity contribution in [1.82, 2.24) is 9.97 Å². The highest BCUT2D eigenvalue weighted by molar-refractivity contribution is 6.33. The molecule has 7 heteroatoms. The van der Waals surface area contributed by atoms with Crippen LogP contribution in [-0.4, -0.2) is 30.2 Å². The van der Waals surface area contributed by atoms with Gasteiger partial charge in [0.25, 0.3) is 0 Å². The molecule has 3 rings (SSSR count). The lowest BCUT2D eigenvalue weighted by Crippen LogP contribution is -2.13. The van der Waals surface area contributed by atoms with E-state index in [9.17, 15) is 0 Å². The largest absolute Gasteiger partial charge is 0.497 e. The molecule has 0 radical (unpaired) electrons. The minimum Gasteiger partial charge on any atom is -0.497 e. The Bertz CT molecular complexity index is 887. The van der Waals surface area contributed by atoms with E-state index in [4.69, 9.17) is 21.1 Å². The summed E-state index contributed by atoms with van der Waals surface area (Å²) >= 11 is 6.18. The fourth-order valence-electron chi connectivity index (χ4n) is 2.42. The molecular formula is C20H21ClN4O2. The number of rotatable bonds is 8. The van der Waals surface area contributed by atoms with Crippen LogP contribution in [0.1, 0.15) is 5.69 Å². The Hall–Kier alpha value is -2.99. The van der Waals surface area contributed by atoms with Gasteiger partial charge in [0.1, 0.15) is 23.9 Å². The third-order valence-electron chi connectivity index (χ3n) is 3.71. The number of methoxy groups -OCH3 is 1. The van der Waals surface area contributed by atoms with Gasteiger partial charge in [-0.3, -0.25) is 0 Å². The van der Waals surface area contributed by atoms with Crippen LogP contribution in [0.5, 0.6) is 11.5 Å². The fraction of sp³-hybridized carbons (Fsp3) is 0.200. The molecule has 0 spiro atoms. The Morgan fingerprint density at radius 1 is 1.00 bits per heavy atom. The lowest BCUT2D eigenvalue weighted by Gasteiger charge is -2.11. The standard InChI is InChI=1S/C20H21ClN4O2/c1-14-13-19(22-11-12-27-16-9-7-15(26-2)8-10-16)25-20(23-14)24-18-6-4-3-5-17(18)21/h3-10,13H,11-12H2,1-2H3,(H2,22,23,24,25). The summed E-state index contributed by atoms with van der Waals surface area (Å²) in [6, 6.07) is 16.8. The maximum atomic E-state index is 6.18. The van der Waals surface area contributed by atoms with E-state index in [0.717, 1.165) is 28.7 Å². The third kappa shape index (κ3) is 5.49. The van der Waals surface area contributed by atoms with E-state index in [0.29, 0.717) is 24.1 Å². The van der Waals surface area contributed by atoms with Gasteiger partial charge in [0.15, 0.2) is 0 Å². The normalized spacial score (nSPS) is 10.3. The molecule has 0 amide bonds. The van der Waals surface area contributed by atoms with E-state index in [1.54, 1.807) is 7.11 Å². The minimum absolute atomic E-state index is 0.488. The zero-order valence-corrected chi connectivity index (χ0v) is 16.0. The van der Waals surface area contributed by atoms with Crippen molar-refractivity contribution in [2.45, 2.75) is 6.92 Å². The van der Waals surface area contributed by atoms with Gasteiger partial charge >= 0.3 is 0 Å². The topological polar surface area (TPSA) is 68.3 Å². The highest BCUT2D eigenvalue weighted by Gasteiger charge is 2.05. The lowest BCUT2D eigenvalue weighted by atomic mass is 10.3. The van der Waals surface area contributed by atoms with Gasteiger partial charge in [-0.1, -0.05) is 23.7 Å². The fourth-order valence-corrected chi connectivity index (χ4v) is 2.60. The van der Waals surface area contributed by atoms with E-state index in [2.05, 4.69) is 20.6 Å². The molecule has 1 aromatic heterocycles. The van der Waals surface area contributed by atoms with Crippen LogP contribution in [0.25, 0.3) is 0 Å². The molecule has 0 saturated heterocycles. The van der Waals surface area contributed by atoms with Crippen molar-refractivity contribution in [3.8, 4) is 11.5 Å². The predicted molar refractivity (Wildman–Crippen MR) is 108 cm³/mol. The number of nitrogens with zero attached hydrogens (tertiary/aromatic N) is 2. The quantitative estimate of drug-likeness (QED) is 0.549. The average molecular weight is 385 g/mol. The number of hydrogen-bond donors (Lipinski definition) is 2. The molecule has 0 aliphatic rings. The number of ether oxygens (including phenoxy) is 2. The minimum atomic E-state index is 0.488. The molecule has 2 aromatic carbocycles. The smallest absolute Gasteiger partial charge is 0.229 e. The molecule has 0 aliphatic carbocycles. The van der Waals surface area contributed by atoms with E-state index in [1.807, 2.05) is 61.5 Å². The van der Waals surface area contributed by atoms with Crippen molar-refractivity contribution in [3.05, 3.63) is 65.3 Å². The zero-order valence-electron chi connectivity index (χ0n) is 15.2. The van der Waals surface area contributed by atoms with Crippen molar-refractivity contribution < 1.29 is 9.47 Å². The van der Waals surface area contributed by atoms with Crippen molar-refractivity contribution in [1.29, 1.82) is 0 Å². The van der Waals surface area contributed by atoms with Crippen molar-refractivity contribution in [2.24, 2.45) is 0 Å². The summed E-state index contributed by atoms with van der Waals surface area (Å²) in [6.07, 6.45) is 0. The molecule has 1 heterocycles. The van der Waals surface area contributed by atoms with Crippen LogP contribution < -0.4 is 20.1 Å². The first-order valence-corrected chi connectivity index (χ1v) is 8.90. The summed E-state index contributed by atoms with van der Waals surface area (Å²) in [5.74, 6) is 2.80. The number of aryl methyl sites for hydroxylation is 1. The first kappa shape index (κ1) is 18.8. The van der Waals surface area contributed by atoms with Gasteiger partial charge in [-0.25, -0.2) is 4.98 Å². The predicted octanol–water partition coefficient (Wildman–Crippen LogP) is 4.68. The van der Waals surface area contributed by atoms with Gasteiger partial charge in [-0.15, -0.1) is 0 Å². The molecular weight excluding hydrogens is 364 g/mol. The molecule has 6 nitrogen and oxygen atoms in total. The van der Waals surface area contributed by atoms with Gasteiger partial charge in [0.2, 0.25) is 5.95 Å². The molecule has 0 fully saturated rings. The van der Waals surface area contributed by atoms with Gasteiger partial charge in [0.05, 0.1) is 24.4 Å². The van der Waals surface area contributed by atoms with Gasteiger partial charge < -0.3 is 20.1 Å². The number of benzene rings is 2. The SMILES string of the molecule is COc1ccc(OCCNc2cc(C)nc(Nc3ccccc3Cl)n2)cc1. The summed E-state index contributed by atoms with van der Waals surface area (Å²) in [7, 11) is 1.64. The Balaban J connectivity index is 1.55. The summed E-state index contributed by atoms with van der Waals surface area (Å²) in [4.78, 5) is 8.87. The summed E-state index contributed by atoms with van der Waals surface area (Å²) in [6.45, 7) is 3.02. The van der Waals surface area contributed by atoms with Crippen LogP contribution in [-0.2, 0) is 0 Å². The van der Waals surface area contributed by atoms with Gasteiger partial charge in [-0.2, -0.15) is 4.98 Å². The molecule has 27 heavy (non-hydrogen) atoms. The molecule has 3 aromatic rings. The number of aromatic nitrogens is 2. The van der Waals surface area contributed by atoms with Gasteiger partial charge in [-0.05, 0) is 43.3 Å². The van der Waals surface area contributed by atoms with E-state index >= 15 is 0 Å². The van der Waals surface area contributed by atoms with E-state index in [1.165, 1.54) is 0 Å². The average Bonchev–Trinajstić information content (AvgIpc) is 2.67. The molecule has 0 unspecified atom stereocenters. The van der Waals surface area contributed by atoms with E-state index < -0.39 is 0 Å². The monoisotopic (exact) mass is 384 g/mol. The van der Waals surface area contributed by atoms with Crippen LogP contribution in [0.4, 0.5) is 17.5 Å². The first-order chi connectivity index (χ1) is 13.1. The lowest BCUT2D eigenvalue weighted by molar-refractivity contribution is 0.331. The van der Waals surface area contributed by atoms with Crippen LogP contribution >= 0.6 is 11.6 Å². The molecule has 0 aliphatic heterocycles. The van der Waals surface area contributed by atoms with E-state index in [-0.39, 0.29) is 0 Å². The Morgan fingerprint density at radius 2 is 1.74 bits per heavy atom. The van der Waals surface area contributed by atoms with Crippen LogP contribution in [0.2, 0.25) is 5.02 Å². The molecule has 2 N–H and O–H groups in total. The molecule has 140 valence electrons. The third-order valence-corrected chi connectivity index (χ3v) is 4.04. The van der Waals surface area contributed by atoms with Crippen LogP contribution in [0.3, 0.4) is 0 Å². The molecule has 0 atom stereocenters. The first-order valence-electron chi connectivity index (χ1n) is 8.52. The van der Waals surface area contributed by atoms with Crippen LogP contribution in [0, 0.1) is 6.92 Å². The number of anilines is 3.